The highest BCUT2D eigenvalue weighted by atomic mass is 35.5. The molecule has 1 unspecified atom stereocenters. The van der Waals surface area contributed by atoms with Gasteiger partial charge >= 0.3 is 6.18 Å². The summed E-state index contributed by atoms with van der Waals surface area (Å²) in [5.74, 6) is -1.31. The molecule has 10 heteroatoms. The molecule has 0 aliphatic carbocycles. The fourth-order valence-corrected chi connectivity index (χ4v) is 2.65. The van der Waals surface area contributed by atoms with Gasteiger partial charge in [0, 0.05) is 25.9 Å². The predicted molar refractivity (Wildman–Crippen MR) is 85.8 cm³/mol. The standard InChI is InChI=1S/C15H12ClF3N4O2/c1-23-13(24)8-5-9(16)21-11(7-3-4-10(25-2)20-6-7)12(8)22-14(23)15(17,18)19/h3-6,10,20H,1-2H3. The number of aromatic nitrogens is 3. The van der Waals surface area contributed by atoms with Crippen molar-refractivity contribution in [3.05, 3.63) is 51.4 Å². The molecule has 1 atom stereocenters. The summed E-state index contributed by atoms with van der Waals surface area (Å²) in [7, 11) is 2.50. The van der Waals surface area contributed by atoms with Crippen LogP contribution in [-0.4, -0.2) is 27.9 Å². The van der Waals surface area contributed by atoms with Crippen molar-refractivity contribution < 1.29 is 17.9 Å². The van der Waals surface area contributed by atoms with Crippen molar-refractivity contribution in [1.29, 1.82) is 0 Å². The minimum atomic E-state index is -4.78. The molecule has 0 amide bonds. The molecule has 0 saturated heterocycles. The average molecular weight is 373 g/mol. The van der Waals surface area contributed by atoms with Gasteiger partial charge in [-0.1, -0.05) is 17.7 Å². The first-order valence-corrected chi connectivity index (χ1v) is 7.42. The number of fused-ring (bicyclic) bond motifs is 1. The van der Waals surface area contributed by atoms with Crippen LogP contribution in [0, 0.1) is 0 Å². The van der Waals surface area contributed by atoms with Gasteiger partial charge in [0.2, 0.25) is 5.82 Å². The van der Waals surface area contributed by atoms with E-state index in [1.54, 1.807) is 12.2 Å². The number of rotatable bonds is 2. The second-order valence-corrected chi connectivity index (χ2v) is 5.66. The second kappa shape index (κ2) is 6.16. The molecule has 132 valence electrons. The van der Waals surface area contributed by atoms with Crippen LogP contribution in [0.25, 0.3) is 16.5 Å². The molecular weight excluding hydrogens is 361 g/mol. The molecule has 2 aromatic rings. The Morgan fingerprint density at radius 1 is 1.36 bits per heavy atom. The van der Waals surface area contributed by atoms with Crippen LogP contribution >= 0.6 is 11.6 Å². The summed E-state index contributed by atoms with van der Waals surface area (Å²) in [6.45, 7) is 0. The lowest BCUT2D eigenvalue weighted by Gasteiger charge is -2.18. The van der Waals surface area contributed by atoms with Gasteiger partial charge in [-0.15, -0.1) is 0 Å². The van der Waals surface area contributed by atoms with Crippen LogP contribution in [0.15, 0.2) is 29.2 Å². The van der Waals surface area contributed by atoms with Crippen molar-refractivity contribution in [1.82, 2.24) is 19.9 Å². The van der Waals surface area contributed by atoms with Gasteiger partial charge < -0.3 is 10.1 Å². The van der Waals surface area contributed by atoms with Gasteiger partial charge in [0.15, 0.2) is 0 Å². The van der Waals surface area contributed by atoms with E-state index in [4.69, 9.17) is 16.3 Å². The molecule has 6 nitrogen and oxygen atoms in total. The van der Waals surface area contributed by atoms with Gasteiger partial charge in [-0.2, -0.15) is 13.2 Å². The number of alkyl halides is 3. The lowest BCUT2D eigenvalue weighted by molar-refractivity contribution is -0.147. The number of nitrogens with one attached hydrogen (secondary N) is 1. The molecule has 2 aromatic heterocycles. The van der Waals surface area contributed by atoms with E-state index in [0.717, 1.165) is 7.05 Å². The average Bonchev–Trinajstić information content (AvgIpc) is 2.57. The van der Waals surface area contributed by atoms with Crippen LogP contribution in [-0.2, 0) is 18.0 Å². The SMILES string of the molecule is COC1C=CC(c2nc(Cl)cc3c(=O)n(C)c(C(F)(F)F)nc23)=CN1. The predicted octanol–water partition coefficient (Wildman–Crippen LogP) is 2.47. The summed E-state index contributed by atoms with van der Waals surface area (Å²) in [6, 6.07) is 1.20. The Hall–Kier alpha value is -2.39. The van der Waals surface area contributed by atoms with Crippen LogP contribution in [0.4, 0.5) is 13.2 Å². The van der Waals surface area contributed by atoms with Crippen molar-refractivity contribution in [3.63, 3.8) is 0 Å². The summed E-state index contributed by atoms with van der Waals surface area (Å²) >= 11 is 5.95. The molecule has 0 aromatic carbocycles. The van der Waals surface area contributed by atoms with Crippen molar-refractivity contribution in [2.75, 3.05) is 7.11 Å². The molecule has 0 bridgehead atoms. The molecule has 1 N–H and O–H groups in total. The van der Waals surface area contributed by atoms with E-state index >= 15 is 0 Å². The molecule has 1 aliphatic rings. The maximum atomic E-state index is 13.2. The van der Waals surface area contributed by atoms with E-state index in [0.29, 0.717) is 10.1 Å². The van der Waals surface area contributed by atoms with E-state index in [2.05, 4.69) is 15.3 Å². The van der Waals surface area contributed by atoms with E-state index in [-0.39, 0.29) is 28.0 Å². The number of ether oxygens (including phenoxy) is 1. The molecule has 25 heavy (non-hydrogen) atoms. The topological polar surface area (TPSA) is 69.0 Å². The first-order valence-electron chi connectivity index (χ1n) is 7.04. The summed E-state index contributed by atoms with van der Waals surface area (Å²) < 4.78 is 45.1. The van der Waals surface area contributed by atoms with Gasteiger partial charge in [0.05, 0.1) is 11.1 Å². The lowest BCUT2D eigenvalue weighted by Crippen LogP contribution is -2.28. The molecule has 0 spiro atoms. The second-order valence-electron chi connectivity index (χ2n) is 5.27. The third kappa shape index (κ3) is 3.12. The Labute approximate surface area is 144 Å². The Kier molecular flexibility index (Phi) is 4.29. The number of pyridine rings is 1. The van der Waals surface area contributed by atoms with E-state index in [1.165, 1.54) is 19.4 Å². The molecule has 0 fully saturated rings. The van der Waals surface area contributed by atoms with Gasteiger partial charge in [0.25, 0.3) is 5.56 Å². The van der Waals surface area contributed by atoms with Crippen molar-refractivity contribution in [2.45, 2.75) is 12.4 Å². The van der Waals surface area contributed by atoms with Gasteiger partial charge in [-0.05, 0) is 12.1 Å². The van der Waals surface area contributed by atoms with Crippen LogP contribution in [0.3, 0.4) is 0 Å². The van der Waals surface area contributed by atoms with Crippen molar-refractivity contribution >= 4 is 28.1 Å². The Bertz CT molecular complexity index is 966. The van der Waals surface area contributed by atoms with Crippen LogP contribution in [0.1, 0.15) is 11.5 Å². The number of methoxy groups -OCH3 is 1. The quantitative estimate of drug-likeness (QED) is 0.820. The first-order chi connectivity index (χ1) is 11.7. The number of nitrogens with zero attached hydrogens (tertiary/aromatic N) is 3. The third-order valence-corrected chi connectivity index (χ3v) is 3.86. The van der Waals surface area contributed by atoms with Gasteiger partial charge in [0.1, 0.15) is 16.9 Å². The lowest BCUT2D eigenvalue weighted by atomic mass is 10.1. The Morgan fingerprint density at radius 2 is 2.08 bits per heavy atom. The highest BCUT2D eigenvalue weighted by Crippen LogP contribution is 2.30. The Morgan fingerprint density at radius 3 is 2.64 bits per heavy atom. The maximum Gasteiger partial charge on any atom is 0.449 e. The number of hydrogen-bond donors (Lipinski definition) is 1. The zero-order valence-electron chi connectivity index (χ0n) is 13.1. The van der Waals surface area contributed by atoms with E-state index in [9.17, 15) is 18.0 Å². The minimum absolute atomic E-state index is 0.0238. The summed E-state index contributed by atoms with van der Waals surface area (Å²) in [5, 5.41) is 2.81. The van der Waals surface area contributed by atoms with Crippen LogP contribution < -0.4 is 10.9 Å². The van der Waals surface area contributed by atoms with Crippen molar-refractivity contribution in [2.24, 2.45) is 7.05 Å². The monoisotopic (exact) mass is 372 g/mol. The highest BCUT2D eigenvalue weighted by molar-refractivity contribution is 6.30. The smallest absolute Gasteiger partial charge is 0.362 e. The van der Waals surface area contributed by atoms with E-state index in [1.807, 2.05) is 0 Å². The fourth-order valence-electron chi connectivity index (χ4n) is 2.46. The molecule has 3 rings (SSSR count). The van der Waals surface area contributed by atoms with Crippen LogP contribution in [0.2, 0.25) is 5.15 Å². The van der Waals surface area contributed by atoms with Gasteiger partial charge in [-0.3, -0.25) is 9.36 Å². The molecule has 1 aliphatic heterocycles. The number of allylic oxidation sites excluding steroid dienone is 2. The molecule has 0 saturated carbocycles. The Balaban J connectivity index is 2.30. The van der Waals surface area contributed by atoms with Gasteiger partial charge in [-0.25, -0.2) is 9.97 Å². The zero-order chi connectivity index (χ0) is 18.4. The largest absolute Gasteiger partial charge is 0.449 e. The van der Waals surface area contributed by atoms with Crippen molar-refractivity contribution in [3.8, 4) is 0 Å². The zero-order valence-corrected chi connectivity index (χ0v) is 13.8. The number of dihydropyridines is 1. The molecule has 3 heterocycles. The highest BCUT2D eigenvalue weighted by Gasteiger charge is 2.37. The normalized spacial score (nSPS) is 17.5. The summed E-state index contributed by atoms with van der Waals surface area (Å²) in [6.07, 6.45) is -0.390. The fraction of sp³-hybridized carbons (Fsp3) is 0.267. The summed E-state index contributed by atoms with van der Waals surface area (Å²) in [5.41, 5.74) is -0.530. The minimum Gasteiger partial charge on any atom is -0.362 e. The molecule has 0 radical (unpaired) electrons. The van der Waals surface area contributed by atoms with Crippen LogP contribution in [0.5, 0.6) is 0 Å². The number of hydrogen-bond acceptors (Lipinski definition) is 5. The van der Waals surface area contributed by atoms with E-state index < -0.39 is 17.6 Å². The summed E-state index contributed by atoms with van der Waals surface area (Å²) in [4.78, 5) is 20.0. The first kappa shape index (κ1) is 17.4. The molecular formula is C15H12ClF3N4O2. The maximum absolute atomic E-state index is 13.2. The third-order valence-electron chi connectivity index (χ3n) is 3.67. The number of halogens is 4.